The van der Waals surface area contributed by atoms with Crippen molar-refractivity contribution in [1.82, 2.24) is 25.6 Å². The third kappa shape index (κ3) is 2.30. The molecular formula is C13H9N5O4. The van der Waals surface area contributed by atoms with E-state index in [9.17, 15) is 14.7 Å². The number of aromatic nitrogens is 5. The van der Waals surface area contributed by atoms with Crippen molar-refractivity contribution >= 4 is 5.97 Å². The van der Waals surface area contributed by atoms with Gasteiger partial charge in [0.05, 0.1) is 5.69 Å². The highest BCUT2D eigenvalue weighted by Gasteiger charge is 2.16. The molecule has 0 aliphatic heterocycles. The molecule has 0 aliphatic rings. The van der Waals surface area contributed by atoms with Crippen LogP contribution in [-0.2, 0) is 0 Å². The SMILES string of the molecule is O=C(O)c1[nH]c(-c2cccc(-c3nn[nH]n3)c2)cc(=O)c1O. The number of carboxylic acids is 1. The van der Waals surface area contributed by atoms with E-state index < -0.39 is 22.8 Å². The number of aromatic hydroxyl groups is 1. The number of tetrazole rings is 1. The van der Waals surface area contributed by atoms with Gasteiger partial charge in [-0.05, 0) is 16.8 Å². The van der Waals surface area contributed by atoms with Crippen LogP contribution in [0.4, 0.5) is 0 Å². The molecule has 0 spiro atoms. The largest absolute Gasteiger partial charge is 0.502 e. The first-order valence-electron chi connectivity index (χ1n) is 6.10. The number of aromatic carboxylic acids is 1. The Balaban J connectivity index is 2.14. The van der Waals surface area contributed by atoms with Crippen LogP contribution < -0.4 is 5.43 Å². The van der Waals surface area contributed by atoms with Crippen LogP contribution in [0.15, 0.2) is 35.1 Å². The van der Waals surface area contributed by atoms with Gasteiger partial charge in [-0.3, -0.25) is 4.79 Å². The molecule has 0 saturated heterocycles. The van der Waals surface area contributed by atoms with E-state index in [0.717, 1.165) is 6.07 Å². The van der Waals surface area contributed by atoms with Gasteiger partial charge in [0.25, 0.3) is 0 Å². The summed E-state index contributed by atoms with van der Waals surface area (Å²) in [5, 5.41) is 32.0. The molecule has 1 aromatic carbocycles. The van der Waals surface area contributed by atoms with E-state index in [-0.39, 0.29) is 5.69 Å². The van der Waals surface area contributed by atoms with Gasteiger partial charge in [-0.2, -0.15) is 5.21 Å². The van der Waals surface area contributed by atoms with Gasteiger partial charge in [0.1, 0.15) is 0 Å². The van der Waals surface area contributed by atoms with Crippen molar-refractivity contribution in [1.29, 1.82) is 0 Å². The van der Waals surface area contributed by atoms with E-state index >= 15 is 0 Å². The van der Waals surface area contributed by atoms with E-state index in [0.29, 0.717) is 17.0 Å². The summed E-state index contributed by atoms with van der Waals surface area (Å²) in [7, 11) is 0. The Morgan fingerprint density at radius 3 is 2.64 bits per heavy atom. The summed E-state index contributed by atoms with van der Waals surface area (Å²) in [6.07, 6.45) is 0. The molecule has 4 N–H and O–H groups in total. The average molecular weight is 299 g/mol. The number of pyridine rings is 1. The molecule has 3 rings (SSSR count). The molecule has 110 valence electrons. The predicted molar refractivity (Wildman–Crippen MR) is 74.3 cm³/mol. The van der Waals surface area contributed by atoms with Crippen molar-refractivity contribution in [3.63, 3.8) is 0 Å². The maximum absolute atomic E-state index is 11.7. The number of carbonyl (C=O) groups is 1. The monoisotopic (exact) mass is 299 g/mol. The van der Waals surface area contributed by atoms with Gasteiger partial charge in [-0.25, -0.2) is 4.79 Å². The van der Waals surface area contributed by atoms with Gasteiger partial charge in [-0.15, -0.1) is 10.2 Å². The van der Waals surface area contributed by atoms with Crippen LogP contribution in [0.5, 0.6) is 5.75 Å². The van der Waals surface area contributed by atoms with Crippen molar-refractivity contribution in [2.24, 2.45) is 0 Å². The van der Waals surface area contributed by atoms with Crippen LogP contribution in [0.1, 0.15) is 10.5 Å². The van der Waals surface area contributed by atoms with Crippen LogP contribution >= 0.6 is 0 Å². The smallest absolute Gasteiger partial charge is 0.356 e. The lowest BCUT2D eigenvalue weighted by Crippen LogP contribution is -2.10. The lowest BCUT2D eigenvalue weighted by atomic mass is 10.1. The number of H-pyrrole nitrogens is 2. The fraction of sp³-hybridized carbons (Fsp3) is 0. The number of aromatic amines is 2. The van der Waals surface area contributed by atoms with Gasteiger partial charge in [-0.1, -0.05) is 18.2 Å². The highest BCUT2D eigenvalue weighted by molar-refractivity contribution is 5.89. The molecule has 0 radical (unpaired) electrons. The van der Waals surface area contributed by atoms with Crippen molar-refractivity contribution in [2.45, 2.75) is 0 Å². The summed E-state index contributed by atoms with van der Waals surface area (Å²) < 4.78 is 0. The summed E-state index contributed by atoms with van der Waals surface area (Å²) in [6.45, 7) is 0. The molecule has 9 nitrogen and oxygen atoms in total. The van der Waals surface area contributed by atoms with Crippen molar-refractivity contribution in [3.8, 4) is 28.4 Å². The van der Waals surface area contributed by atoms with Gasteiger partial charge in [0.2, 0.25) is 11.3 Å². The zero-order valence-corrected chi connectivity index (χ0v) is 10.9. The first-order valence-corrected chi connectivity index (χ1v) is 6.10. The quantitative estimate of drug-likeness (QED) is 0.554. The minimum atomic E-state index is -1.43. The Morgan fingerprint density at radius 1 is 1.18 bits per heavy atom. The first-order chi connectivity index (χ1) is 10.6. The number of carboxylic acid groups (broad SMARTS) is 1. The summed E-state index contributed by atoms with van der Waals surface area (Å²) in [5.74, 6) is -1.89. The molecule has 0 saturated carbocycles. The summed E-state index contributed by atoms with van der Waals surface area (Å²) >= 11 is 0. The van der Waals surface area contributed by atoms with Crippen molar-refractivity contribution in [3.05, 3.63) is 46.2 Å². The third-order valence-electron chi connectivity index (χ3n) is 3.00. The molecule has 0 aliphatic carbocycles. The number of hydrogen-bond acceptors (Lipinski definition) is 6. The van der Waals surface area contributed by atoms with Crippen LogP contribution in [-0.4, -0.2) is 41.8 Å². The second kappa shape index (κ2) is 5.13. The Hall–Kier alpha value is -3.49. The zero-order valence-electron chi connectivity index (χ0n) is 10.9. The molecule has 22 heavy (non-hydrogen) atoms. The predicted octanol–water partition coefficient (Wildman–Crippen LogP) is 0.626. The van der Waals surface area contributed by atoms with Gasteiger partial charge in [0.15, 0.2) is 11.4 Å². The van der Waals surface area contributed by atoms with Crippen LogP contribution in [0, 0.1) is 0 Å². The molecule has 0 atom stereocenters. The number of benzene rings is 1. The summed E-state index contributed by atoms with van der Waals surface area (Å²) in [4.78, 5) is 25.3. The molecular weight excluding hydrogens is 290 g/mol. The van der Waals surface area contributed by atoms with Gasteiger partial charge < -0.3 is 15.2 Å². The van der Waals surface area contributed by atoms with Gasteiger partial charge >= 0.3 is 5.97 Å². The summed E-state index contributed by atoms with van der Waals surface area (Å²) in [5.41, 5.74) is 0.0908. The summed E-state index contributed by atoms with van der Waals surface area (Å²) in [6, 6.07) is 7.91. The molecule has 2 aromatic heterocycles. The Bertz CT molecular complexity index is 901. The molecule has 2 heterocycles. The number of nitrogens with one attached hydrogen (secondary N) is 2. The minimum absolute atomic E-state index is 0.255. The molecule has 0 fully saturated rings. The zero-order chi connectivity index (χ0) is 15.7. The van der Waals surface area contributed by atoms with Crippen LogP contribution in [0.2, 0.25) is 0 Å². The Kier molecular flexibility index (Phi) is 3.14. The first kappa shape index (κ1) is 13.5. The van der Waals surface area contributed by atoms with Crippen molar-refractivity contribution < 1.29 is 15.0 Å². The fourth-order valence-electron chi connectivity index (χ4n) is 1.97. The van der Waals surface area contributed by atoms with Crippen LogP contribution in [0.3, 0.4) is 0 Å². The highest BCUT2D eigenvalue weighted by Crippen LogP contribution is 2.23. The van der Waals surface area contributed by atoms with E-state index in [1.54, 1.807) is 24.3 Å². The number of rotatable bonds is 3. The Labute approximate surface area is 122 Å². The van der Waals surface area contributed by atoms with Gasteiger partial charge in [0, 0.05) is 11.6 Å². The lowest BCUT2D eigenvalue weighted by molar-refractivity contribution is 0.0687. The highest BCUT2D eigenvalue weighted by atomic mass is 16.4. The molecule has 9 heteroatoms. The maximum atomic E-state index is 11.7. The fourth-order valence-corrected chi connectivity index (χ4v) is 1.97. The molecule has 0 amide bonds. The number of hydrogen-bond donors (Lipinski definition) is 4. The Morgan fingerprint density at radius 2 is 1.95 bits per heavy atom. The average Bonchev–Trinajstić information content (AvgIpc) is 3.04. The standard InChI is InChI=1S/C13H9N5O4/c19-9-5-8(14-10(11(9)20)13(21)22)6-2-1-3-7(4-6)12-15-17-18-16-12/h1-5,20H,(H,14,19)(H,21,22)(H,15,16,17,18). The van der Waals surface area contributed by atoms with Crippen molar-refractivity contribution in [2.75, 3.05) is 0 Å². The third-order valence-corrected chi connectivity index (χ3v) is 3.00. The topological polar surface area (TPSA) is 145 Å². The van der Waals surface area contributed by atoms with E-state index in [1.165, 1.54) is 0 Å². The number of nitrogens with zero attached hydrogens (tertiary/aromatic N) is 3. The van der Waals surface area contributed by atoms with E-state index in [1.807, 2.05) is 0 Å². The maximum Gasteiger partial charge on any atom is 0.356 e. The van der Waals surface area contributed by atoms with E-state index in [4.69, 9.17) is 5.11 Å². The molecule has 3 aromatic rings. The van der Waals surface area contributed by atoms with E-state index in [2.05, 4.69) is 25.6 Å². The molecule has 0 unspecified atom stereocenters. The normalized spacial score (nSPS) is 10.5. The lowest BCUT2D eigenvalue weighted by Gasteiger charge is -2.06. The second-order valence-electron chi connectivity index (χ2n) is 4.39. The second-order valence-corrected chi connectivity index (χ2v) is 4.39. The molecule has 0 bridgehead atoms. The minimum Gasteiger partial charge on any atom is -0.502 e. The van der Waals surface area contributed by atoms with Crippen LogP contribution in [0.25, 0.3) is 22.6 Å².